The van der Waals surface area contributed by atoms with Crippen LogP contribution in [0.5, 0.6) is 0 Å². The smallest absolute Gasteiger partial charge is 0.860 e. The molecule has 2 aliphatic heterocycles. The average Bonchev–Trinajstić information content (AvgIpc) is 3.83. The first-order chi connectivity index (χ1) is 22.0. The third-order valence-corrected chi connectivity index (χ3v) is 6.08. The van der Waals surface area contributed by atoms with Crippen molar-refractivity contribution in [2.24, 2.45) is 20.2 Å². The van der Waals surface area contributed by atoms with Gasteiger partial charge in [0.1, 0.15) is 23.0 Å². The maximum Gasteiger partial charge on any atom is 1.00 e. The Morgan fingerprint density at radius 3 is 1.13 bits per heavy atom. The van der Waals surface area contributed by atoms with E-state index in [1.807, 2.05) is 0 Å². The van der Waals surface area contributed by atoms with Gasteiger partial charge in [-0.05, 0) is 60.3 Å². The SMILES string of the molecule is O.O.O.O.O.O.O.O=C1N=C([O-])CN1N=Cc1ccc(-c2ccc([N+](=O)[O-])cc2)o1.O=C1N=C([O-])CN1N=Cc1ccc(-c2ccc([N+](=O)[O-])cc2)o1.[Na+].[Na+]. The molecule has 0 fully saturated rings. The molecular weight excluding hydrogens is 766 g/mol. The number of hydrogen-bond donors (Lipinski definition) is 0. The first-order valence-electron chi connectivity index (χ1n) is 12.9. The second-order valence-corrected chi connectivity index (χ2v) is 9.19. The van der Waals surface area contributed by atoms with Gasteiger partial charge in [0.2, 0.25) is 0 Å². The van der Waals surface area contributed by atoms with Crippen LogP contribution in [0.3, 0.4) is 0 Å². The van der Waals surface area contributed by atoms with E-state index in [1.54, 1.807) is 48.5 Å². The number of hydrazone groups is 2. The third-order valence-electron chi connectivity index (χ3n) is 6.08. The molecule has 2 aliphatic rings. The normalized spacial score (nSPS) is 12.1. The maximum absolute atomic E-state index is 11.3. The van der Waals surface area contributed by atoms with Crippen LogP contribution in [-0.4, -0.2) is 108 Å². The number of amides is 4. The first-order valence-corrected chi connectivity index (χ1v) is 12.9. The number of carbonyl (C=O) groups is 2. The van der Waals surface area contributed by atoms with E-state index < -0.39 is 33.7 Å². The molecule has 0 atom stereocenters. The summed E-state index contributed by atoms with van der Waals surface area (Å²) in [7, 11) is 0. The van der Waals surface area contributed by atoms with Crippen molar-refractivity contribution < 1.29 is 136 Å². The molecule has 0 aliphatic carbocycles. The van der Waals surface area contributed by atoms with E-state index in [-0.39, 0.29) is 122 Å². The van der Waals surface area contributed by atoms with Gasteiger partial charge >= 0.3 is 71.2 Å². The molecule has 6 rings (SSSR count). The quantitative estimate of drug-likeness (QED) is 0.0701. The van der Waals surface area contributed by atoms with Crippen LogP contribution in [0.2, 0.25) is 0 Å². The van der Waals surface area contributed by atoms with Crippen molar-refractivity contribution in [2.75, 3.05) is 13.1 Å². The van der Waals surface area contributed by atoms with Crippen molar-refractivity contribution in [1.82, 2.24) is 10.0 Å². The molecule has 4 aromatic rings. The fourth-order valence-electron chi connectivity index (χ4n) is 3.87. The van der Waals surface area contributed by atoms with Gasteiger partial charge in [-0.2, -0.15) is 10.2 Å². The molecule has 0 saturated carbocycles. The van der Waals surface area contributed by atoms with Crippen LogP contribution >= 0.6 is 0 Å². The Labute approximate surface area is 352 Å². The number of benzene rings is 2. The molecule has 2 aromatic carbocycles. The van der Waals surface area contributed by atoms with Crippen LogP contribution < -0.4 is 69.3 Å². The van der Waals surface area contributed by atoms with Gasteiger partial charge in [-0.3, -0.25) is 20.2 Å². The summed E-state index contributed by atoms with van der Waals surface area (Å²) in [5.74, 6) is 0.636. The van der Waals surface area contributed by atoms with Gasteiger partial charge in [0, 0.05) is 35.4 Å². The van der Waals surface area contributed by atoms with Crippen molar-refractivity contribution in [1.29, 1.82) is 0 Å². The number of urea groups is 2. The Bertz CT molecular complexity index is 1810. The molecule has 2 aromatic heterocycles. The molecule has 0 radical (unpaired) electrons. The van der Waals surface area contributed by atoms with E-state index >= 15 is 0 Å². The molecule has 25 nitrogen and oxygen atoms in total. The molecule has 4 amide bonds. The third kappa shape index (κ3) is 15.6. The molecule has 0 saturated heterocycles. The van der Waals surface area contributed by atoms with Gasteiger partial charge in [0.25, 0.3) is 11.4 Å². The Morgan fingerprint density at radius 2 is 0.873 bits per heavy atom. The Kier molecular flexibility index (Phi) is 28.4. The second kappa shape index (κ2) is 26.5. The minimum Gasteiger partial charge on any atom is -0.860 e. The zero-order valence-corrected chi connectivity index (χ0v) is 32.7. The van der Waals surface area contributed by atoms with E-state index in [1.165, 1.54) is 36.7 Å². The van der Waals surface area contributed by atoms with E-state index in [0.29, 0.717) is 34.2 Å². The predicted octanol–water partition coefficient (Wildman–Crippen LogP) is -9.00. The minimum absolute atomic E-state index is 0. The maximum atomic E-state index is 11.3. The number of furan rings is 2. The van der Waals surface area contributed by atoms with Crippen LogP contribution in [0.15, 0.2) is 102 Å². The second-order valence-electron chi connectivity index (χ2n) is 9.19. The van der Waals surface area contributed by atoms with Crippen molar-refractivity contribution in [3.8, 4) is 22.6 Å². The number of hydrogen-bond acceptors (Lipinski definition) is 12. The summed E-state index contributed by atoms with van der Waals surface area (Å²) in [4.78, 5) is 49.2. The van der Waals surface area contributed by atoms with Crippen LogP contribution in [-0.2, 0) is 0 Å². The fourth-order valence-corrected chi connectivity index (χ4v) is 3.87. The van der Waals surface area contributed by atoms with Gasteiger partial charge in [-0.25, -0.2) is 29.6 Å². The number of non-ortho nitro benzene ring substituents is 2. The molecule has 0 bridgehead atoms. The average molecular weight is 799 g/mol. The first kappa shape index (κ1) is 59.0. The minimum atomic E-state index is -0.714. The van der Waals surface area contributed by atoms with Crippen molar-refractivity contribution >= 4 is 47.7 Å². The van der Waals surface area contributed by atoms with Gasteiger partial charge in [-0.15, -0.1) is 0 Å². The van der Waals surface area contributed by atoms with E-state index in [4.69, 9.17) is 8.83 Å². The summed E-state index contributed by atoms with van der Waals surface area (Å²) in [6, 6.07) is 16.9. The summed E-state index contributed by atoms with van der Waals surface area (Å²) >= 11 is 0. The Hall–Kier alpha value is -5.26. The number of aliphatic imine (C=N–C) groups is 2. The monoisotopic (exact) mass is 798 g/mol. The molecule has 4 heterocycles. The summed E-state index contributed by atoms with van der Waals surface area (Å²) in [6.07, 6.45) is 2.59. The summed E-state index contributed by atoms with van der Waals surface area (Å²) in [6.45, 7) is -0.378. The van der Waals surface area contributed by atoms with Gasteiger partial charge < -0.3 is 57.4 Å². The van der Waals surface area contributed by atoms with Gasteiger partial charge in [0.05, 0.1) is 35.4 Å². The standard InChI is InChI=1S/2C14H10N4O5.2Na.7H2O/c2*19-13-8-17(14(20)16-13)15-7-11-5-6-12(23-11)9-1-3-10(4-2-9)18(21)22;;;;;;;;;/h2*1-7H,8H2,(H,16,19,20);;;7*1H2/q;;2*+1;;;;;;;/p-2. The van der Waals surface area contributed by atoms with E-state index in [0.717, 1.165) is 10.0 Å². The molecule has 0 unspecified atom stereocenters. The Morgan fingerprint density at radius 1 is 0.564 bits per heavy atom. The van der Waals surface area contributed by atoms with E-state index in [2.05, 4.69) is 20.2 Å². The largest absolute Gasteiger partial charge is 1.00 e. The summed E-state index contributed by atoms with van der Waals surface area (Å²) < 4.78 is 11.0. The van der Waals surface area contributed by atoms with Crippen LogP contribution in [0, 0.1) is 20.2 Å². The number of nitrogens with zero attached hydrogens (tertiary/aromatic N) is 8. The molecule has 288 valence electrons. The van der Waals surface area contributed by atoms with E-state index in [9.17, 15) is 40.0 Å². The fraction of sp³-hybridized carbons (Fsp3) is 0.0714. The number of nitro benzene ring substituents is 2. The van der Waals surface area contributed by atoms with Crippen LogP contribution in [0.1, 0.15) is 11.5 Å². The van der Waals surface area contributed by atoms with Gasteiger partial charge in [-0.1, -0.05) is 0 Å². The topological polar surface area (TPSA) is 469 Å². The molecule has 55 heavy (non-hydrogen) atoms. The molecular formula is C28H32N8Na2O17. The Balaban J connectivity index is -0.000000260. The van der Waals surface area contributed by atoms with Crippen molar-refractivity contribution in [3.05, 3.63) is 105 Å². The molecule has 14 N–H and O–H groups in total. The van der Waals surface area contributed by atoms with Gasteiger partial charge in [0.15, 0.2) is 0 Å². The summed E-state index contributed by atoms with van der Waals surface area (Å²) in [5.41, 5.74) is 1.31. The van der Waals surface area contributed by atoms with Crippen molar-refractivity contribution in [2.45, 2.75) is 0 Å². The zero-order valence-electron chi connectivity index (χ0n) is 28.7. The molecule has 0 spiro atoms. The number of rotatable bonds is 8. The summed E-state index contributed by atoms with van der Waals surface area (Å²) in [5, 5.41) is 52.7. The zero-order chi connectivity index (χ0) is 32.8. The number of nitro groups is 2. The van der Waals surface area contributed by atoms with Crippen LogP contribution in [0.25, 0.3) is 22.6 Å². The van der Waals surface area contributed by atoms with Crippen LogP contribution in [0.4, 0.5) is 21.0 Å². The van der Waals surface area contributed by atoms with Crippen molar-refractivity contribution in [3.63, 3.8) is 0 Å². The number of carbonyl (C=O) groups excluding carboxylic acids is 2. The molecule has 27 heteroatoms. The predicted molar refractivity (Wildman–Crippen MR) is 181 cm³/mol.